The zero-order chi connectivity index (χ0) is 13.8. The standard InChI is InChI=1S/C15H24O2S/c1-14(2,11-16)13(17)15(3,4)18-10-12-8-6-5-7-9-12/h5-9,13,16-17H,10-11H2,1-4H3. The molecule has 0 radical (unpaired) electrons. The van der Waals surface area contributed by atoms with Gasteiger partial charge >= 0.3 is 0 Å². The van der Waals surface area contributed by atoms with Crippen molar-refractivity contribution in [3.8, 4) is 0 Å². The van der Waals surface area contributed by atoms with E-state index >= 15 is 0 Å². The van der Waals surface area contributed by atoms with Crippen molar-refractivity contribution >= 4 is 11.8 Å². The minimum atomic E-state index is -0.552. The molecule has 0 amide bonds. The molecule has 2 N–H and O–H groups in total. The average molecular weight is 268 g/mol. The third kappa shape index (κ3) is 4.01. The zero-order valence-corrected chi connectivity index (χ0v) is 12.5. The van der Waals surface area contributed by atoms with Crippen LogP contribution in [0.1, 0.15) is 33.3 Å². The van der Waals surface area contributed by atoms with E-state index in [9.17, 15) is 10.2 Å². The van der Waals surface area contributed by atoms with Crippen molar-refractivity contribution in [2.75, 3.05) is 6.61 Å². The number of benzene rings is 1. The summed E-state index contributed by atoms with van der Waals surface area (Å²) in [6, 6.07) is 10.2. The van der Waals surface area contributed by atoms with Crippen molar-refractivity contribution in [3.05, 3.63) is 35.9 Å². The lowest BCUT2D eigenvalue weighted by Gasteiger charge is -2.39. The molecule has 18 heavy (non-hydrogen) atoms. The van der Waals surface area contributed by atoms with Gasteiger partial charge in [0.05, 0.1) is 12.7 Å². The molecule has 0 spiro atoms. The SMILES string of the molecule is CC(C)(CO)C(O)C(C)(C)SCc1ccccc1. The number of hydrogen-bond donors (Lipinski definition) is 2. The van der Waals surface area contributed by atoms with Gasteiger partial charge in [-0.3, -0.25) is 0 Å². The first-order valence-electron chi connectivity index (χ1n) is 6.26. The third-order valence-corrected chi connectivity index (χ3v) is 4.70. The molecule has 0 aromatic heterocycles. The molecule has 1 rings (SSSR count). The van der Waals surface area contributed by atoms with Crippen LogP contribution in [0.2, 0.25) is 0 Å². The second-order valence-electron chi connectivity index (χ2n) is 5.93. The van der Waals surface area contributed by atoms with Crippen LogP contribution in [0.15, 0.2) is 30.3 Å². The van der Waals surface area contributed by atoms with E-state index in [2.05, 4.69) is 12.1 Å². The van der Waals surface area contributed by atoms with Crippen LogP contribution >= 0.6 is 11.8 Å². The van der Waals surface area contributed by atoms with Crippen LogP contribution < -0.4 is 0 Å². The van der Waals surface area contributed by atoms with E-state index in [-0.39, 0.29) is 11.4 Å². The molecule has 0 saturated carbocycles. The van der Waals surface area contributed by atoms with Crippen LogP contribution in [0.3, 0.4) is 0 Å². The molecule has 1 unspecified atom stereocenters. The Labute approximate surface area is 114 Å². The number of rotatable bonds is 6. The Morgan fingerprint density at radius 1 is 1.11 bits per heavy atom. The summed E-state index contributed by atoms with van der Waals surface area (Å²) < 4.78 is -0.290. The van der Waals surface area contributed by atoms with Crippen LogP contribution in [0.25, 0.3) is 0 Å². The maximum Gasteiger partial charge on any atom is 0.0754 e. The molecule has 0 saturated heterocycles. The Kier molecular flexibility index (Phi) is 5.26. The maximum atomic E-state index is 10.4. The molecular weight excluding hydrogens is 244 g/mol. The Hall–Kier alpha value is -0.510. The van der Waals surface area contributed by atoms with Gasteiger partial charge in [0.1, 0.15) is 0 Å². The van der Waals surface area contributed by atoms with Crippen LogP contribution in [0.4, 0.5) is 0 Å². The Balaban J connectivity index is 2.65. The molecule has 3 heteroatoms. The molecule has 2 nitrogen and oxygen atoms in total. The first-order chi connectivity index (χ1) is 8.29. The van der Waals surface area contributed by atoms with Gasteiger partial charge in [0.25, 0.3) is 0 Å². The van der Waals surface area contributed by atoms with Gasteiger partial charge in [-0.15, -0.1) is 11.8 Å². The van der Waals surface area contributed by atoms with Crippen molar-refractivity contribution < 1.29 is 10.2 Å². The van der Waals surface area contributed by atoms with Crippen molar-refractivity contribution in [3.63, 3.8) is 0 Å². The molecule has 1 aromatic carbocycles. The summed E-state index contributed by atoms with van der Waals surface area (Å²) in [5.74, 6) is 0.867. The molecular formula is C15H24O2S. The molecule has 0 aliphatic rings. The van der Waals surface area contributed by atoms with Gasteiger partial charge in [-0.2, -0.15) is 0 Å². The van der Waals surface area contributed by atoms with E-state index in [0.29, 0.717) is 0 Å². The Bertz CT molecular complexity index is 360. The van der Waals surface area contributed by atoms with Crippen molar-refractivity contribution in [2.45, 2.75) is 44.3 Å². The van der Waals surface area contributed by atoms with Crippen LogP contribution in [0, 0.1) is 5.41 Å². The van der Waals surface area contributed by atoms with Gasteiger partial charge in [0.15, 0.2) is 0 Å². The van der Waals surface area contributed by atoms with Gasteiger partial charge in [0, 0.05) is 15.9 Å². The first kappa shape index (κ1) is 15.5. The number of hydrogen-bond acceptors (Lipinski definition) is 3. The lowest BCUT2D eigenvalue weighted by atomic mass is 9.81. The van der Waals surface area contributed by atoms with Gasteiger partial charge in [-0.05, 0) is 19.4 Å². The van der Waals surface area contributed by atoms with Gasteiger partial charge in [-0.25, -0.2) is 0 Å². The van der Waals surface area contributed by atoms with E-state index in [1.165, 1.54) is 5.56 Å². The fourth-order valence-corrected chi connectivity index (χ4v) is 3.16. The predicted molar refractivity (Wildman–Crippen MR) is 78.7 cm³/mol. The smallest absolute Gasteiger partial charge is 0.0754 e. The number of thioether (sulfide) groups is 1. The summed E-state index contributed by atoms with van der Waals surface area (Å²) in [7, 11) is 0. The summed E-state index contributed by atoms with van der Waals surface area (Å²) in [5.41, 5.74) is 0.775. The quantitative estimate of drug-likeness (QED) is 0.833. The predicted octanol–water partition coefficient (Wildman–Crippen LogP) is 3.08. The van der Waals surface area contributed by atoms with Crippen LogP contribution in [-0.4, -0.2) is 27.7 Å². The summed E-state index contributed by atoms with van der Waals surface area (Å²) >= 11 is 1.72. The highest BCUT2D eigenvalue weighted by molar-refractivity contribution is 7.99. The van der Waals surface area contributed by atoms with Crippen LogP contribution in [-0.2, 0) is 5.75 Å². The summed E-state index contributed by atoms with van der Waals surface area (Å²) in [4.78, 5) is 0. The van der Waals surface area contributed by atoms with Crippen molar-refractivity contribution in [1.82, 2.24) is 0 Å². The van der Waals surface area contributed by atoms with Crippen molar-refractivity contribution in [1.29, 1.82) is 0 Å². The van der Waals surface area contributed by atoms with E-state index in [4.69, 9.17) is 0 Å². The van der Waals surface area contributed by atoms with Crippen molar-refractivity contribution in [2.24, 2.45) is 5.41 Å². The molecule has 0 bridgehead atoms. The number of aliphatic hydroxyl groups excluding tert-OH is 2. The second-order valence-corrected chi connectivity index (χ2v) is 7.56. The molecule has 102 valence electrons. The van der Waals surface area contributed by atoms with Crippen LogP contribution in [0.5, 0.6) is 0 Å². The molecule has 0 aliphatic carbocycles. The normalized spacial score (nSPS) is 14.6. The molecule has 0 fully saturated rings. The lowest BCUT2D eigenvalue weighted by molar-refractivity contribution is -0.00994. The van der Waals surface area contributed by atoms with Gasteiger partial charge < -0.3 is 10.2 Å². The van der Waals surface area contributed by atoms with E-state index in [0.717, 1.165) is 5.75 Å². The topological polar surface area (TPSA) is 40.5 Å². The summed E-state index contributed by atoms with van der Waals surface area (Å²) in [6.45, 7) is 7.83. The fourth-order valence-electron chi connectivity index (χ4n) is 1.95. The van der Waals surface area contributed by atoms with Gasteiger partial charge in [-0.1, -0.05) is 44.2 Å². The monoisotopic (exact) mass is 268 g/mol. The van der Waals surface area contributed by atoms with E-state index < -0.39 is 11.5 Å². The highest BCUT2D eigenvalue weighted by atomic mass is 32.2. The second kappa shape index (κ2) is 6.09. The summed E-state index contributed by atoms with van der Waals surface area (Å²) in [6.07, 6.45) is -0.552. The Morgan fingerprint density at radius 2 is 1.67 bits per heavy atom. The molecule has 1 atom stereocenters. The van der Waals surface area contributed by atoms with Gasteiger partial charge in [0.2, 0.25) is 0 Å². The fraction of sp³-hybridized carbons (Fsp3) is 0.600. The lowest BCUT2D eigenvalue weighted by Crippen LogP contribution is -2.46. The first-order valence-corrected chi connectivity index (χ1v) is 7.25. The maximum absolute atomic E-state index is 10.4. The largest absolute Gasteiger partial charge is 0.396 e. The Morgan fingerprint density at radius 3 is 2.17 bits per heavy atom. The highest BCUT2D eigenvalue weighted by Crippen LogP contribution is 2.38. The molecule has 1 aromatic rings. The molecule has 0 heterocycles. The molecule has 0 aliphatic heterocycles. The average Bonchev–Trinajstić information content (AvgIpc) is 2.37. The minimum absolute atomic E-state index is 0.0104. The van der Waals surface area contributed by atoms with E-state index in [1.54, 1.807) is 11.8 Å². The summed E-state index contributed by atoms with van der Waals surface area (Å²) in [5, 5.41) is 19.7. The third-order valence-electron chi connectivity index (χ3n) is 3.26. The highest BCUT2D eigenvalue weighted by Gasteiger charge is 2.39. The zero-order valence-electron chi connectivity index (χ0n) is 11.7. The van der Waals surface area contributed by atoms with E-state index in [1.807, 2.05) is 45.9 Å². The minimum Gasteiger partial charge on any atom is -0.396 e. The number of aliphatic hydroxyl groups is 2.